The van der Waals surface area contributed by atoms with Gasteiger partial charge in [0.25, 0.3) is 0 Å². The number of aryl methyl sites for hydroxylation is 1. The Bertz CT molecular complexity index is 1440. The molecule has 0 saturated heterocycles. The van der Waals surface area contributed by atoms with Gasteiger partial charge in [0.05, 0.1) is 31.1 Å². The smallest absolute Gasteiger partial charge is 0.329 e. The van der Waals surface area contributed by atoms with Gasteiger partial charge >= 0.3 is 11.7 Å². The number of carbonyl (C=O) groups excluding carboxylic acids is 1. The Morgan fingerprint density at radius 1 is 0.943 bits per heavy atom. The number of fused-ring (bicyclic) bond motifs is 2. The summed E-state index contributed by atoms with van der Waals surface area (Å²) >= 11 is 0. The Morgan fingerprint density at radius 3 is 2.29 bits per heavy atom. The first-order valence-electron chi connectivity index (χ1n) is 12.0. The van der Waals surface area contributed by atoms with Gasteiger partial charge in [0.2, 0.25) is 8.32 Å². The number of methoxy groups -OCH3 is 1. The summed E-state index contributed by atoms with van der Waals surface area (Å²) in [4.78, 5) is 25.1. The summed E-state index contributed by atoms with van der Waals surface area (Å²) in [6, 6.07) is 20.1. The van der Waals surface area contributed by atoms with E-state index >= 15 is 0 Å². The molecule has 6 nitrogen and oxygen atoms in total. The molecule has 0 amide bonds. The Balaban J connectivity index is 1.71. The molecular formula is C28H34N2O4Si. The zero-order chi connectivity index (χ0) is 25.4. The van der Waals surface area contributed by atoms with Gasteiger partial charge in [0.1, 0.15) is 5.75 Å². The highest BCUT2D eigenvalue weighted by atomic mass is 28.4. The van der Waals surface area contributed by atoms with Gasteiger partial charge in [-0.15, -0.1) is 0 Å². The molecule has 0 radical (unpaired) electrons. The van der Waals surface area contributed by atoms with E-state index in [0.29, 0.717) is 6.54 Å². The van der Waals surface area contributed by atoms with Gasteiger partial charge in [-0.1, -0.05) is 57.2 Å². The molecule has 35 heavy (non-hydrogen) atoms. The van der Waals surface area contributed by atoms with Gasteiger partial charge < -0.3 is 9.16 Å². The summed E-state index contributed by atoms with van der Waals surface area (Å²) in [6.07, 6.45) is 0.148. The minimum atomic E-state index is -1.94. The van der Waals surface area contributed by atoms with E-state index < -0.39 is 8.32 Å². The quantitative estimate of drug-likeness (QED) is 0.237. The molecule has 184 valence electrons. The number of para-hydroxylation sites is 2. The number of ether oxygens (including phenoxy) is 1. The van der Waals surface area contributed by atoms with E-state index in [9.17, 15) is 9.59 Å². The molecule has 0 bridgehead atoms. The summed E-state index contributed by atoms with van der Waals surface area (Å²) < 4.78 is 14.7. The molecule has 0 spiro atoms. The van der Waals surface area contributed by atoms with E-state index in [2.05, 4.69) is 58.1 Å². The van der Waals surface area contributed by atoms with Crippen LogP contribution in [0.3, 0.4) is 0 Å². The molecule has 1 aromatic heterocycles. The molecule has 4 aromatic rings. The summed E-state index contributed by atoms with van der Waals surface area (Å²) in [5, 5.41) is 2.29. The van der Waals surface area contributed by atoms with Crippen LogP contribution in [0.1, 0.15) is 32.8 Å². The number of hydrogen-bond donors (Lipinski definition) is 0. The van der Waals surface area contributed by atoms with Crippen LogP contribution < -0.4 is 10.1 Å². The average Bonchev–Trinajstić information content (AvgIpc) is 3.07. The number of aromatic nitrogens is 2. The molecule has 7 heteroatoms. The molecule has 1 heterocycles. The summed E-state index contributed by atoms with van der Waals surface area (Å²) in [7, 11) is -0.584. The number of benzene rings is 3. The van der Waals surface area contributed by atoms with E-state index in [0.717, 1.165) is 33.1 Å². The molecule has 4 rings (SSSR count). The van der Waals surface area contributed by atoms with Crippen LogP contribution in [0.15, 0.2) is 65.5 Å². The van der Waals surface area contributed by atoms with E-state index in [1.165, 1.54) is 7.11 Å². The molecule has 0 aliphatic heterocycles. The van der Waals surface area contributed by atoms with Crippen LogP contribution in [0.5, 0.6) is 5.75 Å². The molecule has 0 fully saturated rings. The number of carbonyl (C=O) groups is 1. The predicted octanol–water partition coefficient (Wildman–Crippen LogP) is 5.95. The number of hydrogen-bond acceptors (Lipinski definition) is 4. The fourth-order valence-electron chi connectivity index (χ4n) is 4.09. The molecule has 0 N–H and O–H groups in total. The average molecular weight is 491 g/mol. The highest BCUT2D eigenvalue weighted by Crippen LogP contribution is 2.38. The lowest BCUT2D eigenvalue weighted by molar-refractivity contribution is -0.140. The van der Waals surface area contributed by atoms with E-state index in [4.69, 9.17) is 9.16 Å². The Morgan fingerprint density at radius 2 is 1.63 bits per heavy atom. The largest absolute Gasteiger partial charge is 0.543 e. The van der Waals surface area contributed by atoms with Crippen molar-refractivity contribution in [2.45, 2.75) is 58.4 Å². The third kappa shape index (κ3) is 4.91. The third-order valence-electron chi connectivity index (χ3n) is 7.14. The molecule has 0 saturated carbocycles. The molecular weight excluding hydrogens is 456 g/mol. The SMILES string of the molecule is COC(=O)CCn1c(=O)n(Cc2cccc3cc(O[Si](C)(C)C(C)(C)C)ccc23)c2ccccc21. The second-order valence-corrected chi connectivity index (χ2v) is 15.2. The summed E-state index contributed by atoms with van der Waals surface area (Å²) in [5.74, 6) is 0.552. The van der Waals surface area contributed by atoms with E-state index in [1.807, 2.05) is 36.4 Å². The van der Waals surface area contributed by atoms with Crippen molar-refractivity contribution in [3.05, 3.63) is 76.7 Å². The normalized spacial score (nSPS) is 12.3. The Labute approximate surface area is 207 Å². The highest BCUT2D eigenvalue weighted by Gasteiger charge is 2.39. The van der Waals surface area contributed by atoms with Crippen molar-refractivity contribution >= 4 is 36.1 Å². The second-order valence-electron chi connectivity index (χ2n) is 10.5. The predicted molar refractivity (Wildman–Crippen MR) is 144 cm³/mol. The van der Waals surface area contributed by atoms with Crippen LogP contribution in [0.4, 0.5) is 0 Å². The first-order valence-corrected chi connectivity index (χ1v) is 14.9. The lowest BCUT2D eigenvalue weighted by Crippen LogP contribution is -2.43. The fraction of sp³-hybridized carbons (Fsp3) is 0.357. The van der Waals surface area contributed by atoms with Crippen molar-refractivity contribution in [2.24, 2.45) is 0 Å². The van der Waals surface area contributed by atoms with Gasteiger partial charge in [0, 0.05) is 6.54 Å². The maximum atomic E-state index is 13.4. The summed E-state index contributed by atoms with van der Waals surface area (Å²) in [5.41, 5.74) is 2.58. The number of nitrogens with zero attached hydrogens (tertiary/aromatic N) is 2. The minimum Gasteiger partial charge on any atom is -0.543 e. The Hall–Kier alpha value is -3.32. The van der Waals surface area contributed by atoms with E-state index in [-0.39, 0.29) is 29.7 Å². The van der Waals surface area contributed by atoms with Crippen LogP contribution in [0.2, 0.25) is 18.1 Å². The van der Waals surface area contributed by atoms with Gasteiger partial charge in [-0.25, -0.2) is 4.79 Å². The zero-order valence-corrected chi connectivity index (χ0v) is 22.4. The highest BCUT2D eigenvalue weighted by molar-refractivity contribution is 6.74. The van der Waals surface area contributed by atoms with Crippen molar-refractivity contribution in [1.29, 1.82) is 0 Å². The summed E-state index contributed by atoms with van der Waals surface area (Å²) in [6.45, 7) is 11.9. The van der Waals surface area contributed by atoms with Crippen molar-refractivity contribution in [3.63, 3.8) is 0 Å². The van der Waals surface area contributed by atoms with Crippen LogP contribution in [-0.2, 0) is 22.6 Å². The van der Waals surface area contributed by atoms with Crippen LogP contribution in [-0.4, -0.2) is 30.5 Å². The number of esters is 1. The molecule has 0 atom stereocenters. The zero-order valence-electron chi connectivity index (χ0n) is 21.4. The van der Waals surface area contributed by atoms with Crippen molar-refractivity contribution in [3.8, 4) is 5.75 Å². The van der Waals surface area contributed by atoms with Crippen LogP contribution >= 0.6 is 0 Å². The lowest BCUT2D eigenvalue weighted by atomic mass is 10.0. The van der Waals surface area contributed by atoms with Gasteiger partial charge in [0.15, 0.2) is 0 Å². The maximum Gasteiger partial charge on any atom is 0.329 e. The minimum absolute atomic E-state index is 0.118. The topological polar surface area (TPSA) is 62.5 Å². The van der Waals surface area contributed by atoms with E-state index in [1.54, 1.807) is 9.13 Å². The fourth-order valence-corrected chi connectivity index (χ4v) is 5.12. The number of rotatable bonds is 7. The first kappa shape index (κ1) is 24.8. The van der Waals surface area contributed by atoms with Crippen molar-refractivity contribution in [1.82, 2.24) is 9.13 Å². The van der Waals surface area contributed by atoms with Crippen molar-refractivity contribution in [2.75, 3.05) is 7.11 Å². The Kier molecular flexibility index (Phi) is 6.64. The third-order valence-corrected chi connectivity index (χ3v) is 11.5. The van der Waals surface area contributed by atoms with Crippen LogP contribution in [0, 0.1) is 0 Å². The van der Waals surface area contributed by atoms with Gasteiger partial charge in [-0.3, -0.25) is 13.9 Å². The second kappa shape index (κ2) is 9.38. The standard InChI is InChI=1S/C28H34N2O4Si/c1-28(2,3)35(5,6)34-22-14-15-23-20(18-22)10-9-11-21(23)19-30-25-13-8-7-12-24(25)29(27(30)32)17-16-26(31)33-4/h7-15,18H,16-17,19H2,1-6H3. The molecule has 0 aliphatic rings. The number of imidazole rings is 1. The molecule has 0 aliphatic carbocycles. The first-order chi connectivity index (χ1) is 16.5. The molecule has 3 aromatic carbocycles. The molecule has 0 unspecified atom stereocenters. The van der Waals surface area contributed by atoms with Gasteiger partial charge in [-0.2, -0.15) is 0 Å². The maximum absolute atomic E-state index is 13.4. The monoisotopic (exact) mass is 490 g/mol. The van der Waals surface area contributed by atoms with Crippen LogP contribution in [0.25, 0.3) is 21.8 Å². The lowest BCUT2D eigenvalue weighted by Gasteiger charge is -2.36. The van der Waals surface area contributed by atoms with Crippen molar-refractivity contribution < 1.29 is 14.0 Å². The van der Waals surface area contributed by atoms with Gasteiger partial charge in [-0.05, 0) is 58.7 Å².